The molecule has 1 aliphatic rings. The average Bonchev–Trinajstić information content (AvgIpc) is 2.83. The van der Waals surface area contributed by atoms with Crippen molar-refractivity contribution in [1.29, 1.82) is 0 Å². The van der Waals surface area contributed by atoms with E-state index in [4.69, 9.17) is 9.47 Å². The standard InChI is InChI=1S/C29H39NO4.C3H8/c1-21-9-8-12-26(19-21)33-27(31)18-17-25(30-28(32)34-29(2,3)4)20-22-13-15-24(16-14-22)23-10-6-5-7-11-23;1-3-2/h5-7,10-11,13-16,21,25-26H,8-9,12,17-20H2,1-4H3,(H,30,32);3H2,1-2H3. The van der Waals surface area contributed by atoms with E-state index in [2.05, 4.69) is 62.5 Å². The van der Waals surface area contributed by atoms with E-state index >= 15 is 0 Å². The Balaban J connectivity index is 0.00000153. The van der Waals surface area contributed by atoms with E-state index in [-0.39, 0.29) is 24.5 Å². The summed E-state index contributed by atoms with van der Waals surface area (Å²) in [4.78, 5) is 25.0. The van der Waals surface area contributed by atoms with Crippen LogP contribution >= 0.6 is 0 Å². The van der Waals surface area contributed by atoms with Crippen molar-refractivity contribution in [3.63, 3.8) is 0 Å². The first kappa shape index (κ1) is 30.4. The highest BCUT2D eigenvalue weighted by atomic mass is 16.6. The highest BCUT2D eigenvalue weighted by molar-refractivity contribution is 5.70. The lowest BCUT2D eigenvalue weighted by atomic mass is 9.89. The third-order valence-electron chi connectivity index (χ3n) is 6.15. The zero-order valence-electron chi connectivity index (χ0n) is 23.7. The summed E-state index contributed by atoms with van der Waals surface area (Å²) in [6, 6.07) is 18.3. The van der Waals surface area contributed by atoms with Crippen LogP contribution in [-0.4, -0.2) is 29.8 Å². The molecule has 3 rings (SSSR count). The van der Waals surface area contributed by atoms with Gasteiger partial charge in [0.25, 0.3) is 0 Å². The highest BCUT2D eigenvalue weighted by Gasteiger charge is 2.24. The minimum Gasteiger partial charge on any atom is -0.462 e. The van der Waals surface area contributed by atoms with Gasteiger partial charge in [0.05, 0.1) is 0 Å². The van der Waals surface area contributed by atoms with Gasteiger partial charge in [0, 0.05) is 12.5 Å². The number of carbonyl (C=O) groups excluding carboxylic acids is 2. The fourth-order valence-electron chi connectivity index (χ4n) is 4.47. The van der Waals surface area contributed by atoms with Crippen LogP contribution in [0.2, 0.25) is 0 Å². The lowest BCUT2D eigenvalue weighted by molar-refractivity contribution is -0.151. The number of hydrogen-bond acceptors (Lipinski definition) is 4. The van der Waals surface area contributed by atoms with Crippen LogP contribution in [0, 0.1) is 5.92 Å². The van der Waals surface area contributed by atoms with Crippen molar-refractivity contribution in [1.82, 2.24) is 5.32 Å². The number of rotatable bonds is 8. The molecule has 0 radical (unpaired) electrons. The average molecular weight is 510 g/mol. The second-order valence-corrected chi connectivity index (χ2v) is 11.2. The normalized spacial score (nSPS) is 18.1. The largest absolute Gasteiger partial charge is 0.462 e. The van der Waals surface area contributed by atoms with Gasteiger partial charge in [-0.2, -0.15) is 0 Å². The van der Waals surface area contributed by atoms with E-state index in [1.807, 2.05) is 39.0 Å². The highest BCUT2D eigenvalue weighted by Crippen LogP contribution is 2.26. The number of ether oxygens (including phenoxy) is 2. The molecular weight excluding hydrogens is 462 g/mol. The predicted octanol–water partition coefficient (Wildman–Crippen LogP) is 8.11. The molecule has 37 heavy (non-hydrogen) atoms. The molecule has 0 aliphatic heterocycles. The summed E-state index contributed by atoms with van der Waals surface area (Å²) in [6.45, 7) is 12.0. The molecule has 0 bridgehead atoms. The SMILES string of the molecule is CC1CCCC(OC(=O)CCC(Cc2ccc(-c3ccccc3)cc2)NC(=O)OC(C)(C)C)C1.CCC. The van der Waals surface area contributed by atoms with E-state index in [0.29, 0.717) is 18.8 Å². The van der Waals surface area contributed by atoms with Crippen LogP contribution in [0.5, 0.6) is 0 Å². The number of amides is 1. The molecule has 0 heterocycles. The Bertz CT molecular complexity index is 934. The summed E-state index contributed by atoms with van der Waals surface area (Å²) >= 11 is 0. The van der Waals surface area contributed by atoms with E-state index in [9.17, 15) is 9.59 Å². The lowest BCUT2D eigenvalue weighted by Crippen LogP contribution is -2.40. The molecule has 5 heteroatoms. The topological polar surface area (TPSA) is 64.6 Å². The van der Waals surface area contributed by atoms with Crippen LogP contribution < -0.4 is 5.32 Å². The Morgan fingerprint density at radius 1 is 0.973 bits per heavy atom. The Kier molecular flexibility index (Phi) is 12.7. The molecule has 1 saturated carbocycles. The fourth-order valence-corrected chi connectivity index (χ4v) is 4.47. The predicted molar refractivity (Wildman–Crippen MR) is 151 cm³/mol. The molecule has 3 atom stereocenters. The van der Waals surface area contributed by atoms with Crippen LogP contribution in [0.3, 0.4) is 0 Å². The Hall–Kier alpha value is -2.82. The van der Waals surface area contributed by atoms with Crippen LogP contribution in [0.1, 0.15) is 92.1 Å². The number of benzene rings is 2. The molecule has 1 fully saturated rings. The number of nitrogens with one attached hydrogen (secondary N) is 1. The third-order valence-corrected chi connectivity index (χ3v) is 6.15. The first-order valence-corrected chi connectivity index (χ1v) is 13.9. The van der Waals surface area contributed by atoms with Crippen LogP contribution in [0.4, 0.5) is 4.79 Å². The number of alkyl carbamates (subject to hydrolysis) is 1. The van der Waals surface area contributed by atoms with Crippen molar-refractivity contribution in [3.8, 4) is 11.1 Å². The molecule has 5 nitrogen and oxygen atoms in total. The quantitative estimate of drug-likeness (QED) is 0.365. The smallest absolute Gasteiger partial charge is 0.407 e. The summed E-state index contributed by atoms with van der Waals surface area (Å²) in [5, 5.41) is 2.97. The Labute approximate surface area is 224 Å². The molecular formula is C32H47NO4. The molecule has 0 aromatic heterocycles. The molecule has 3 unspecified atom stereocenters. The number of carbonyl (C=O) groups is 2. The maximum Gasteiger partial charge on any atom is 0.407 e. The van der Waals surface area contributed by atoms with Crippen molar-refractivity contribution in [2.45, 2.75) is 111 Å². The zero-order valence-corrected chi connectivity index (χ0v) is 23.7. The maximum atomic E-state index is 12.5. The van der Waals surface area contributed by atoms with Crippen LogP contribution in [0.15, 0.2) is 54.6 Å². The van der Waals surface area contributed by atoms with Gasteiger partial charge in [0.15, 0.2) is 0 Å². The minimum atomic E-state index is -0.581. The molecule has 204 valence electrons. The van der Waals surface area contributed by atoms with Crippen LogP contribution in [-0.2, 0) is 20.7 Å². The van der Waals surface area contributed by atoms with Gasteiger partial charge >= 0.3 is 12.1 Å². The second-order valence-electron chi connectivity index (χ2n) is 11.2. The molecule has 1 aliphatic carbocycles. The first-order valence-electron chi connectivity index (χ1n) is 13.9. The van der Waals surface area contributed by atoms with Gasteiger partial charge in [-0.3, -0.25) is 4.79 Å². The summed E-state index contributed by atoms with van der Waals surface area (Å²) < 4.78 is 11.2. The van der Waals surface area contributed by atoms with Gasteiger partial charge in [-0.25, -0.2) is 4.79 Å². The van der Waals surface area contributed by atoms with Crippen molar-refractivity contribution in [2.24, 2.45) is 5.92 Å². The van der Waals surface area contributed by atoms with Gasteiger partial charge in [0.1, 0.15) is 11.7 Å². The maximum absolute atomic E-state index is 12.5. The van der Waals surface area contributed by atoms with E-state index in [1.54, 1.807) is 0 Å². The minimum absolute atomic E-state index is 0.0269. The second kappa shape index (κ2) is 15.4. The van der Waals surface area contributed by atoms with Crippen LogP contribution in [0.25, 0.3) is 11.1 Å². The Morgan fingerprint density at radius 3 is 2.19 bits per heavy atom. The van der Waals surface area contributed by atoms with Crippen molar-refractivity contribution in [2.75, 3.05) is 0 Å². The lowest BCUT2D eigenvalue weighted by Gasteiger charge is -2.27. The van der Waals surface area contributed by atoms with Crippen molar-refractivity contribution in [3.05, 3.63) is 60.2 Å². The third kappa shape index (κ3) is 12.3. The zero-order chi connectivity index (χ0) is 27.3. The number of hydrogen-bond donors (Lipinski definition) is 1. The van der Waals surface area contributed by atoms with E-state index in [0.717, 1.165) is 36.0 Å². The van der Waals surface area contributed by atoms with Gasteiger partial charge in [0.2, 0.25) is 0 Å². The molecule has 2 aromatic carbocycles. The van der Waals surface area contributed by atoms with Gasteiger partial charge in [-0.15, -0.1) is 0 Å². The molecule has 0 saturated heterocycles. The van der Waals surface area contributed by atoms with Gasteiger partial charge in [-0.1, -0.05) is 88.2 Å². The van der Waals surface area contributed by atoms with Crippen molar-refractivity contribution >= 4 is 12.1 Å². The number of esters is 1. The van der Waals surface area contributed by atoms with E-state index in [1.165, 1.54) is 12.8 Å². The summed E-state index contributed by atoms with van der Waals surface area (Å²) in [7, 11) is 0. The summed E-state index contributed by atoms with van der Waals surface area (Å²) in [5.41, 5.74) is 2.82. The van der Waals surface area contributed by atoms with Gasteiger partial charge < -0.3 is 14.8 Å². The summed E-state index contributed by atoms with van der Waals surface area (Å²) in [5.74, 6) is 0.418. The first-order chi connectivity index (χ1) is 17.6. The molecule has 1 N–H and O–H groups in total. The Morgan fingerprint density at radius 2 is 1.59 bits per heavy atom. The molecule has 1 amide bonds. The fraction of sp³-hybridized carbons (Fsp3) is 0.562. The summed E-state index contributed by atoms with van der Waals surface area (Å²) in [6.07, 6.45) is 6.41. The molecule has 0 spiro atoms. The van der Waals surface area contributed by atoms with E-state index < -0.39 is 11.7 Å². The van der Waals surface area contributed by atoms with Gasteiger partial charge in [-0.05, 0) is 75.5 Å². The van der Waals surface area contributed by atoms with Crippen molar-refractivity contribution < 1.29 is 19.1 Å². The monoisotopic (exact) mass is 509 g/mol. The molecule has 2 aromatic rings.